The highest BCUT2D eigenvalue weighted by atomic mass is 35.5. The summed E-state index contributed by atoms with van der Waals surface area (Å²) in [5.74, 6) is -1.88. The van der Waals surface area contributed by atoms with Gasteiger partial charge in [0.2, 0.25) is 0 Å². The van der Waals surface area contributed by atoms with E-state index in [0.717, 1.165) is 11.6 Å². The van der Waals surface area contributed by atoms with E-state index in [4.69, 9.17) is 11.6 Å². The minimum absolute atomic E-state index is 0.0283. The van der Waals surface area contributed by atoms with Crippen molar-refractivity contribution in [2.45, 2.75) is 19.9 Å². The zero-order chi connectivity index (χ0) is 20.8. The maximum Gasteiger partial charge on any atom is 0.288 e. The first kappa shape index (κ1) is 20.8. The summed E-state index contributed by atoms with van der Waals surface area (Å²) >= 11 is 5.70. The Balaban J connectivity index is 1.93. The monoisotopic (exact) mass is 404 g/mol. The van der Waals surface area contributed by atoms with Crippen molar-refractivity contribution in [3.63, 3.8) is 0 Å². The van der Waals surface area contributed by atoms with Gasteiger partial charge in [0, 0.05) is 17.2 Å². The second kappa shape index (κ2) is 8.96. The molecule has 2 aromatic rings. The van der Waals surface area contributed by atoms with Gasteiger partial charge in [0.25, 0.3) is 23.4 Å². The first-order chi connectivity index (χ1) is 13.2. The van der Waals surface area contributed by atoms with Crippen LogP contribution in [0.25, 0.3) is 0 Å². The van der Waals surface area contributed by atoms with Crippen molar-refractivity contribution in [2.75, 3.05) is 0 Å². The van der Waals surface area contributed by atoms with E-state index in [1.807, 2.05) is 6.92 Å². The van der Waals surface area contributed by atoms with E-state index in [1.165, 1.54) is 19.1 Å². The topological polar surface area (TPSA) is 130 Å². The number of halogens is 1. The molecule has 2 aromatic carbocycles. The highest BCUT2D eigenvalue weighted by molar-refractivity contribution is 6.32. The Morgan fingerprint density at radius 2 is 1.61 bits per heavy atom. The van der Waals surface area contributed by atoms with Crippen molar-refractivity contribution in [1.29, 1.82) is 0 Å². The van der Waals surface area contributed by atoms with Gasteiger partial charge in [-0.15, -0.1) is 0 Å². The molecular formula is C18H17ClN4O5. The molecule has 3 amide bonds. The Morgan fingerprint density at radius 1 is 1.00 bits per heavy atom. The second-order valence-electron chi connectivity index (χ2n) is 5.93. The van der Waals surface area contributed by atoms with Crippen LogP contribution in [0, 0.1) is 17.0 Å². The molecule has 1 atom stereocenters. The van der Waals surface area contributed by atoms with Crippen molar-refractivity contribution >= 4 is 35.0 Å². The molecule has 0 aromatic heterocycles. The second-order valence-corrected chi connectivity index (χ2v) is 6.34. The van der Waals surface area contributed by atoms with Gasteiger partial charge in [-0.1, -0.05) is 29.3 Å². The zero-order valence-corrected chi connectivity index (χ0v) is 15.7. The van der Waals surface area contributed by atoms with Crippen LogP contribution in [0.3, 0.4) is 0 Å². The summed E-state index contributed by atoms with van der Waals surface area (Å²) in [5.41, 5.74) is 5.35. The van der Waals surface area contributed by atoms with Crippen molar-refractivity contribution < 1.29 is 19.3 Å². The average Bonchev–Trinajstić information content (AvgIpc) is 2.66. The molecule has 0 heterocycles. The molecule has 146 valence electrons. The van der Waals surface area contributed by atoms with Crippen LogP contribution in [-0.4, -0.2) is 28.7 Å². The minimum atomic E-state index is -1.01. The molecule has 3 N–H and O–H groups in total. The molecule has 0 saturated carbocycles. The number of hydrazine groups is 1. The van der Waals surface area contributed by atoms with Crippen LogP contribution in [-0.2, 0) is 4.79 Å². The van der Waals surface area contributed by atoms with Gasteiger partial charge in [-0.2, -0.15) is 0 Å². The molecule has 0 aliphatic carbocycles. The van der Waals surface area contributed by atoms with Gasteiger partial charge >= 0.3 is 0 Å². The number of aryl methyl sites for hydroxylation is 1. The Morgan fingerprint density at radius 3 is 2.21 bits per heavy atom. The lowest BCUT2D eigenvalue weighted by molar-refractivity contribution is -0.384. The van der Waals surface area contributed by atoms with Crippen LogP contribution in [0.15, 0.2) is 42.5 Å². The number of amides is 3. The maximum absolute atomic E-state index is 12.2. The van der Waals surface area contributed by atoms with Gasteiger partial charge in [0.15, 0.2) is 0 Å². The van der Waals surface area contributed by atoms with Crippen molar-refractivity contribution in [2.24, 2.45) is 0 Å². The number of nitrogens with zero attached hydrogens (tertiary/aromatic N) is 1. The Bertz CT molecular complexity index is 930. The Kier molecular flexibility index (Phi) is 6.67. The molecule has 0 fully saturated rings. The number of rotatable bonds is 5. The predicted molar refractivity (Wildman–Crippen MR) is 102 cm³/mol. The summed E-state index contributed by atoms with van der Waals surface area (Å²) in [6.45, 7) is 3.28. The van der Waals surface area contributed by atoms with Crippen molar-refractivity contribution in [3.05, 3.63) is 74.3 Å². The summed E-state index contributed by atoms with van der Waals surface area (Å²) in [5, 5.41) is 13.2. The fourth-order valence-corrected chi connectivity index (χ4v) is 2.33. The average molecular weight is 405 g/mol. The van der Waals surface area contributed by atoms with Gasteiger partial charge in [-0.05, 0) is 38.1 Å². The molecule has 10 heteroatoms. The van der Waals surface area contributed by atoms with Crippen LogP contribution in [0.1, 0.15) is 33.2 Å². The fraction of sp³-hybridized carbons (Fsp3) is 0.167. The standard InChI is InChI=1S/C18H17ClN4O5/c1-10-3-5-12(6-4-10)18(26)22-21-16(24)11(2)20-17(25)13-7-8-14(19)15(9-13)23(27)28/h3-9,11H,1-2H3,(H,20,25)(H,21,24)(H,22,26)/t11-/m0/s1. The van der Waals surface area contributed by atoms with E-state index in [0.29, 0.717) is 5.56 Å². The molecule has 0 bridgehead atoms. The van der Waals surface area contributed by atoms with Gasteiger partial charge < -0.3 is 5.32 Å². The van der Waals surface area contributed by atoms with Gasteiger partial charge in [-0.25, -0.2) is 0 Å². The molecule has 0 spiro atoms. The summed E-state index contributed by atoms with van der Waals surface area (Å²) < 4.78 is 0. The fourth-order valence-electron chi connectivity index (χ4n) is 2.14. The van der Waals surface area contributed by atoms with E-state index < -0.39 is 34.4 Å². The van der Waals surface area contributed by atoms with Crippen LogP contribution in [0.5, 0.6) is 0 Å². The van der Waals surface area contributed by atoms with Gasteiger partial charge in [0.1, 0.15) is 11.1 Å². The van der Waals surface area contributed by atoms with Crippen LogP contribution in [0.2, 0.25) is 5.02 Å². The van der Waals surface area contributed by atoms with Crippen molar-refractivity contribution in [1.82, 2.24) is 16.2 Å². The molecule has 0 aliphatic rings. The lowest BCUT2D eigenvalue weighted by atomic mass is 10.1. The minimum Gasteiger partial charge on any atom is -0.340 e. The molecule has 0 aliphatic heterocycles. The number of nitrogens with one attached hydrogen (secondary N) is 3. The Hall–Kier alpha value is -3.46. The number of carbonyl (C=O) groups excluding carboxylic acids is 3. The largest absolute Gasteiger partial charge is 0.340 e. The van der Waals surface area contributed by atoms with Gasteiger partial charge in [-0.3, -0.25) is 35.3 Å². The van der Waals surface area contributed by atoms with Gasteiger partial charge in [0.05, 0.1) is 4.92 Å². The third-order valence-corrected chi connectivity index (χ3v) is 4.08. The number of nitro benzene ring substituents is 1. The smallest absolute Gasteiger partial charge is 0.288 e. The molecule has 9 nitrogen and oxygen atoms in total. The van der Waals surface area contributed by atoms with E-state index in [9.17, 15) is 24.5 Å². The third-order valence-electron chi connectivity index (χ3n) is 3.76. The summed E-state index contributed by atoms with van der Waals surface area (Å²) in [7, 11) is 0. The van der Waals surface area contributed by atoms with E-state index in [-0.39, 0.29) is 10.6 Å². The summed E-state index contributed by atoms with van der Waals surface area (Å²) in [4.78, 5) is 46.4. The number of hydrogen-bond donors (Lipinski definition) is 3. The molecular weight excluding hydrogens is 388 g/mol. The first-order valence-corrected chi connectivity index (χ1v) is 8.48. The lowest BCUT2D eigenvalue weighted by Gasteiger charge is -2.15. The van der Waals surface area contributed by atoms with Crippen LogP contribution < -0.4 is 16.2 Å². The number of hydrogen-bond acceptors (Lipinski definition) is 5. The maximum atomic E-state index is 12.2. The molecule has 0 saturated heterocycles. The van der Waals surface area contributed by atoms with E-state index in [1.54, 1.807) is 24.3 Å². The number of carbonyl (C=O) groups is 3. The Labute approximate surface area is 165 Å². The molecule has 2 rings (SSSR count). The third kappa shape index (κ3) is 5.27. The normalized spacial score (nSPS) is 11.2. The SMILES string of the molecule is Cc1ccc(C(=O)NNC(=O)[C@H](C)NC(=O)c2ccc(Cl)c([N+](=O)[O-])c2)cc1. The van der Waals surface area contributed by atoms with E-state index in [2.05, 4.69) is 16.2 Å². The first-order valence-electron chi connectivity index (χ1n) is 8.10. The highest BCUT2D eigenvalue weighted by Gasteiger charge is 2.20. The number of nitro groups is 1. The molecule has 0 unspecified atom stereocenters. The predicted octanol–water partition coefficient (Wildman–Crippen LogP) is 2.14. The lowest BCUT2D eigenvalue weighted by Crippen LogP contribution is -2.51. The molecule has 28 heavy (non-hydrogen) atoms. The molecule has 0 radical (unpaired) electrons. The highest BCUT2D eigenvalue weighted by Crippen LogP contribution is 2.25. The summed E-state index contributed by atoms with van der Waals surface area (Å²) in [6, 6.07) is 9.25. The van der Waals surface area contributed by atoms with Crippen LogP contribution >= 0.6 is 11.6 Å². The van der Waals surface area contributed by atoms with E-state index >= 15 is 0 Å². The number of benzene rings is 2. The zero-order valence-electron chi connectivity index (χ0n) is 15.0. The van der Waals surface area contributed by atoms with Crippen LogP contribution in [0.4, 0.5) is 5.69 Å². The summed E-state index contributed by atoms with van der Waals surface area (Å²) in [6.07, 6.45) is 0. The quantitative estimate of drug-likeness (QED) is 0.519. The van der Waals surface area contributed by atoms with Crippen molar-refractivity contribution in [3.8, 4) is 0 Å².